The van der Waals surface area contributed by atoms with Crippen LogP contribution in [0.25, 0.3) is 0 Å². The zero-order chi connectivity index (χ0) is 10.1. The van der Waals surface area contributed by atoms with Crippen LogP contribution in [0.3, 0.4) is 0 Å². The van der Waals surface area contributed by atoms with Crippen LogP contribution < -0.4 is 5.32 Å². The summed E-state index contributed by atoms with van der Waals surface area (Å²) in [6, 6.07) is 6.15. The average molecular weight is 193 g/mol. The third-order valence-electron chi connectivity index (χ3n) is 3.14. The van der Waals surface area contributed by atoms with Gasteiger partial charge < -0.3 is 5.32 Å². The lowest BCUT2D eigenvalue weighted by Crippen LogP contribution is -2.40. The number of halogens is 1. The van der Waals surface area contributed by atoms with Gasteiger partial charge in [-0.1, -0.05) is 12.1 Å². The van der Waals surface area contributed by atoms with E-state index in [1.165, 1.54) is 11.1 Å². The Kier molecular flexibility index (Phi) is 2.44. The Hall–Kier alpha value is -1.05. The van der Waals surface area contributed by atoms with Crippen molar-refractivity contribution in [3.8, 4) is 0 Å². The monoisotopic (exact) mass is 193 g/mol. The van der Waals surface area contributed by atoms with Crippen molar-refractivity contribution in [2.24, 2.45) is 0 Å². The first-order valence-corrected chi connectivity index (χ1v) is 5.15. The highest BCUT2D eigenvalue weighted by Gasteiger charge is 2.30. The molecule has 0 spiro atoms. The van der Waals surface area contributed by atoms with Gasteiger partial charge in [0, 0.05) is 5.69 Å². The smallest absolute Gasteiger partial charge is 0.120 e. The fourth-order valence-electron chi connectivity index (χ4n) is 1.73. The van der Waals surface area contributed by atoms with E-state index in [-0.39, 0.29) is 6.04 Å². The van der Waals surface area contributed by atoms with Gasteiger partial charge in [0.25, 0.3) is 0 Å². The van der Waals surface area contributed by atoms with E-state index in [1.54, 1.807) is 0 Å². The molecule has 0 aromatic heterocycles. The van der Waals surface area contributed by atoms with Crippen molar-refractivity contribution >= 4 is 5.69 Å². The van der Waals surface area contributed by atoms with E-state index in [9.17, 15) is 4.39 Å². The highest BCUT2D eigenvalue weighted by molar-refractivity contribution is 5.54. The standard InChI is InChI=1S/C12H16FN/c1-8-4-3-5-11(9(8)2)14-12-7-6-10(12)13/h3-5,10,12,14H,6-7H2,1-2H3. The molecule has 14 heavy (non-hydrogen) atoms. The SMILES string of the molecule is Cc1cccc(NC2CCC2F)c1C. The summed E-state index contributed by atoms with van der Waals surface area (Å²) < 4.78 is 13.0. The van der Waals surface area contributed by atoms with Gasteiger partial charge in [-0.25, -0.2) is 4.39 Å². The van der Waals surface area contributed by atoms with Crippen molar-refractivity contribution in [1.82, 2.24) is 0 Å². The normalized spacial score (nSPS) is 25.6. The predicted octanol–water partition coefficient (Wildman–Crippen LogP) is 3.22. The highest BCUT2D eigenvalue weighted by atomic mass is 19.1. The van der Waals surface area contributed by atoms with Crippen molar-refractivity contribution in [2.75, 3.05) is 5.32 Å². The van der Waals surface area contributed by atoms with Crippen LogP contribution in [0.2, 0.25) is 0 Å². The molecular formula is C12H16FN. The van der Waals surface area contributed by atoms with Gasteiger partial charge >= 0.3 is 0 Å². The fraction of sp³-hybridized carbons (Fsp3) is 0.500. The first-order valence-electron chi connectivity index (χ1n) is 5.15. The van der Waals surface area contributed by atoms with Crippen LogP contribution in [-0.2, 0) is 0 Å². The molecule has 1 aromatic rings. The minimum Gasteiger partial charge on any atom is -0.379 e. The zero-order valence-corrected chi connectivity index (χ0v) is 8.68. The molecule has 2 rings (SSSR count). The number of hydrogen-bond acceptors (Lipinski definition) is 1. The predicted molar refractivity (Wildman–Crippen MR) is 57.5 cm³/mol. The minimum absolute atomic E-state index is 0.0375. The Balaban J connectivity index is 2.12. The Morgan fingerprint density at radius 3 is 2.64 bits per heavy atom. The summed E-state index contributed by atoms with van der Waals surface area (Å²) in [5.74, 6) is 0. The van der Waals surface area contributed by atoms with Crippen LogP contribution >= 0.6 is 0 Å². The molecule has 2 heteroatoms. The topological polar surface area (TPSA) is 12.0 Å². The summed E-state index contributed by atoms with van der Waals surface area (Å²) in [6.45, 7) is 4.15. The maximum absolute atomic E-state index is 13.0. The second kappa shape index (κ2) is 3.60. The van der Waals surface area contributed by atoms with Gasteiger partial charge in [0.15, 0.2) is 0 Å². The Morgan fingerprint density at radius 2 is 2.07 bits per heavy atom. The maximum atomic E-state index is 13.0. The van der Waals surface area contributed by atoms with E-state index in [2.05, 4.69) is 25.2 Å². The molecule has 0 radical (unpaired) electrons. The largest absolute Gasteiger partial charge is 0.379 e. The molecule has 0 saturated heterocycles. The molecule has 1 saturated carbocycles. The number of anilines is 1. The van der Waals surface area contributed by atoms with Gasteiger partial charge in [0.1, 0.15) is 6.17 Å². The van der Waals surface area contributed by atoms with Gasteiger partial charge in [-0.15, -0.1) is 0 Å². The quantitative estimate of drug-likeness (QED) is 0.760. The summed E-state index contributed by atoms with van der Waals surface area (Å²) in [4.78, 5) is 0. The highest BCUT2D eigenvalue weighted by Crippen LogP contribution is 2.28. The average Bonchev–Trinajstić information content (AvgIpc) is 2.18. The van der Waals surface area contributed by atoms with Crippen molar-refractivity contribution in [1.29, 1.82) is 0 Å². The number of nitrogens with one attached hydrogen (secondary N) is 1. The number of rotatable bonds is 2. The van der Waals surface area contributed by atoms with Crippen molar-refractivity contribution in [3.63, 3.8) is 0 Å². The Labute approximate surface area is 84.3 Å². The van der Waals surface area contributed by atoms with E-state index >= 15 is 0 Å². The second-order valence-corrected chi connectivity index (χ2v) is 4.09. The molecule has 76 valence electrons. The lowest BCUT2D eigenvalue weighted by Gasteiger charge is -2.32. The number of hydrogen-bond donors (Lipinski definition) is 1. The van der Waals surface area contributed by atoms with Crippen molar-refractivity contribution in [3.05, 3.63) is 29.3 Å². The molecule has 0 aliphatic heterocycles. The molecule has 2 atom stereocenters. The van der Waals surface area contributed by atoms with Crippen molar-refractivity contribution < 1.29 is 4.39 Å². The van der Waals surface area contributed by atoms with E-state index < -0.39 is 6.17 Å². The first kappa shape index (κ1) is 9.50. The van der Waals surface area contributed by atoms with Crippen LogP contribution in [0.5, 0.6) is 0 Å². The molecule has 1 aliphatic carbocycles. The lowest BCUT2D eigenvalue weighted by molar-refractivity contribution is 0.186. The van der Waals surface area contributed by atoms with Gasteiger partial charge in [0.2, 0.25) is 0 Å². The lowest BCUT2D eigenvalue weighted by atomic mass is 9.90. The molecule has 2 unspecified atom stereocenters. The number of benzene rings is 1. The molecule has 1 aliphatic rings. The molecule has 0 bridgehead atoms. The molecule has 1 fully saturated rings. The van der Waals surface area contributed by atoms with E-state index in [4.69, 9.17) is 0 Å². The van der Waals surface area contributed by atoms with E-state index in [1.807, 2.05) is 12.1 Å². The fourth-order valence-corrected chi connectivity index (χ4v) is 1.73. The Bertz CT molecular complexity index is 335. The number of aryl methyl sites for hydroxylation is 1. The van der Waals surface area contributed by atoms with Gasteiger partial charge in [-0.2, -0.15) is 0 Å². The van der Waals surface area contributed by atoms with Crippen LogP contribution in [-0.4, -0.2) is 12.2 Å². The summed E-state index contributed by atoms with van der Waals surface area (Å²) in [6.07, 6.45) is 1.01. The summed E-state index contributed by atoms with van der Waals surface area (Å²) in [7, 11) is 0. The molecular weight excluding hydrogens is 177 g/mol. The molecule has 0 heterocycles. The van der Waals surface area contributed by atoms with E-state index in [0.29, 0.717) is 6.42 Å². The zero-order valence-electron chi connectivity index (χ0n) is 8.68. The van der Waals surface area contributed by atoms with Crippen LogP contribution in [0.1, 0.15) is 24.0 Å². The van der Waals surface area contributed by atoms with Gasteiger partial charge in [-0.3, -0.25) is 0 Å². The van der Waals surface area contributed by atoms with Crippen molar-refractivity contribution in [2.45, 2.75) is 38.9 Å². The van der Waals surface area contributed by atoms with E-state index in [0.717, 1.165) is 12.1 Å². The summed E-state index contributed by atoms with van der Waals surface area (Å²) in [5.41, 5.74) is 3.56. The van der Waals surface area contributed by atoms with Crippen LogP contribution in [0, 0.1) is 13.8 Å². The van der Waals surface area contributed by atoms with Crippen LogP contribution in [0.4, 0.5) is 10.1 Å². The minimum atomic E-state index is -0.657. The Morgan fingerprint density at radius 1 is 1.29 bits per heavy atom. The maximum Gasteiger partial charge on any atom is 0.120 e. The summed E-state index contributed by atoms with van der Waals surface area (Å²) >= 11 is 0. The molecule has 0 amide bonds. The third-order valence-corrected chi connectivity index (χ3v) is 3.14. The molecule has 1 aromatic carbocycles. The molecule has 1 N–H and O–H groups in total. The number of alkyl halides is 1. The molecule has 1 nitrogen and oxygen atoms in total. The second-order valence-electron chi connectivity index (χ2n) is 4.09. The third kappa shape index (κ3) is 1.61. The van der Waals surface area contributed by atoms with Gasteiger partial charge in [0.05, 0.1) is 6.04 Å². The first-order chi connectivity index (χ1) is 6.68. The van der Waals surface area contributed by atoms with Gasteiger partial charge in [-0.05, 0) is 43.9 Å². The van der Waals surface area contributed by atoms with Crippen LogP contribution in [0.15, 0.2) is 18.2 Å². The summed E-state index contributed by atoms with van der Waals surface area (Å²) in [5, 5.41) is 3.26.